The van der Waals surface area contributed by atoms with E-state index in [0.29, 0.717) is 6.04 Å². The Kier molecular flexibility index (Phi) is 11.2. The van der Waals surface area contributed by atoms with E-state index in [0.717, 1.165) is 37.6 Å². The van der Waals surface area contributed by atoms with Crippen molar-refractivity contribution in [3.05, 3.63) is 35.6 Å². The van der Waals surface area contributed by atoms with Gasteiger partial charge in [0.1, 0.15) is 5.82 Å². The zero-order valence-electron chi connectivity index (χ0n) is 13.9. The molecule has 0 atom stereocenters. The van der Waals surface area contributed by atoms with Crippen LogP contribution in [0.1, 0.15) is 19.4 Å². The zero-order chi connectivity index (χ0) is 15.7. The molecule has 0 heterocycles. The number of nitrogens with one attached hydrogen (secondary N) is 2. The predicted molar refractivity (Wildman–Crippen MR) is 103 cm³/mol. The number of aliphatic imine (C=N–C) groups is 1. The molecule has 1 rings (SSSR count). The first-order valence-electron chi connectivity index (χ1n) is 7.42. The molecule has 0 radical (unpaired) electrons. The average Bonchev–Trinajstić information content (AvgIpc) is 2.45. The van der Waals surface area contributed by atoms with Crippen LogP contribution >= 0.6 is 24.0 Å². The van der Waals surface area contributed by atoms with Crippen molar-refractivity contribution in [2.24, 2.45) is 4.99 Å². The minimum absolute atomic E-state index is 0. The van der Waals surface area contributed by atoms with Gasteiger partial charge in [0.05, 0.1) is 0 Å². The summed E-state index contributed by atoms with van der Waals surface area (Å²) in [5.41, 5.74) is 0.984. The highest BCUT2D eigenvalue weighted by Crippen LogP contribution is 2.03. The fourth-order valence-electron chi connectivity index (χ4n) is 1.85. The predicted octanol–water partition coefficient (Wildman–Crippen LogP) is 2.49. The van der Waals surface area contributed by atoms with Crippen molar-refractivity contribution in [2.75, 3.05) is 33.7 Å². The van der Waals surface area contributed by atoms with E-state index in [1.54, 1.807) is 19.2 Å². The Hall–Kier alpha value is -0.890. The second kappa shape index (κ2) is 11.6. The largest absolute Gasteiger partial charge is 0.356 e. The first-order chi connectivity index (χ1) is 10.0. The van der Waals surface area contributed by atoms with Crippen molar-refractivity contribution in [2.45, 2.75) is 26.3 Å². The Balaban J connectivity index is 0.00000441. The molecule has 2 N–H and O–H groups in total. The van der Waals surface area contributed by atoms with Crippen LogP contribution in [0.3, 0.4) is 0 Å². The van der Waals surface area contributed by atoms with Crippen LogP contribution in [-0.4, -0.2) is 50.6 Å². The first kappa shape index (κ1) is 21.1. The van der Waals surface area contributed by atoms with E-state index >= 15 is 0 Å². The van der Waals surface area contributed by atoms with Crippen LogP contribution in [0.2, 0.25) is 0 Å². The molecular weight excluding hydrogens is 394 g/mol. The summed E-state index contributed by atoms with van der Waals surface area (Å²) in [6, 6.07) is 7.23. The van der Waals surface area contributed by atoms with E-state index in [9.17, 15) is 4.39 Å². The normalized spacial score (nSPS) is 11.5. The van der Waals surface area contributed by atoms with Gasteiger partial charge in [-0.05, 0) is 45.0 Å². The van der Waals surface area contributed by atoms with E-state index in [4.69, 9.17) is 0 Å². The van der Waals surface area contributed by atoms with Crippen LogP contribution in [0, 0.1) is 5.82 Å². The summed E-state index contributed by atoms with van der Waals surface area (Å²) in [6.07, 6.45) is 0.768. The maximum atomic E-state index is 13.1. The van der Waals surface area contributed by atoms with E-state index in [1.165, 1.54) is 6.07 Å². The molecule has 0 spiro atoms. The summed E-state index contributed by atoms with van der Waals surface area (Å²) < 4.78 is 13.1. The molecule has 4 nitrogen and oxygen atoms in total. The van der Waals surface area contributed by atoms with Crippen molar-refractivity contribution >= 4 is 29.9 Å². The van der Waals surface area contributed by atoms with Crippen molar-refractivity contribution in [1.82, 2.24) is 15.5 Å². The third-order valence-corrected chi connectivity index (χ3v) is 3.46. The van der Waals surface area contributed by atoms with Crippen LogP contribution in [0.5, 0.6) is 0 Å². The molecule has 0 unspecified atom stereocenters. The first-order valence-corrected chi connectivity index (χ1v) is 7.42. The SMILES string of the molecule is CN=C(NCCc1cccc(F)c1)NCCN(C)C(C)C.I. The van der Waals surface area contributed by atoms with Crippen LogP contribution in [-0.2, 0) is 6.42 Å². The highest BCUT2D eigenvalue weighted by molar-refractivity contribution is 14.0. The van der Waals surface area contributed by atoms with Gasteiger partial charge in [-0.25, -0.2) is 4.39 Å². The molecule has 6 heteroatoms. The van der Waals surface area contributed by atoms with Gasteiger partial charge in [0.2, 0.25) is 0 Å². The number of likely N-dealkylation sites (N-methyl/N-ethyl adjacent to an activating group) is 1. The molecule has 0 saturated carbocycles. The molecule has 0 saturated heterocycles. The highest BCUT2D eigenvalue weighted by atomic mass is 127. The summed E-state index contributed by atoms with van der Waals surface area (Å²) in [5.74, 6) is 0.593. The second-order valence-electron chi connectivity index (χ2n) is 5.38. The van der Waals surface area contributed by atoms with Crippen molar-refractivity contribution in [1.29, 1.82) is 0 Å². The van der Waals surface area contributed by atoms with E-state index in [-0.39, 0.29) is 29.8 Å². The third kappa shape index (κ3) is 8.53. The molecule has 1 aromatic carbocycles. The Morgan fingerprint density at radius 1 is 1.27 bits per heavy atom. The van der Waals surface area contributed by atoms with E-state index in [2.05, 4.69) is 41.4 Å². The molecule has 126 valence electrons. The molecule has 0 aromatic heterocycles. The summed E-state index contributed by atoms with van der Waals surface area (Å²) in [5, 5.41) is 6.51. The summed E-state index contributed by atoms with van der Waals surface area (Å²) in [4.78, 5) is 6.45. The van der Waals surface area contributed by atoms with Crippen LogP contribution in [0.4, 0.5) is 4.39 Å². The molecule has 0 amide bonds. The zero-order valence-corrected chi connectivity index (χ0v) is 16.2. The lowest BCUT2D eigenvalue weighted by molar-refractivity contribution is 0.278. The number of benzene rings is 1. The monoisotopic (exact) mass is 422 g/mol. The van der Waals surface area contributed by atoms with E-state index in [1.807, 2.05) is 6.07 Å². The molecule has 22 heavy (non-hydrogen) atoms. The van der Waals surface area contributed by atoms with Gasteiger partial charge in [0.25, 0.3) is 0 Å². The van der Waals surface area contributed by atoms with Gasteiger partial charge < -0.3 is 15.5 Å². The fourth-order valence-corrected chi connectivity index (χ4v) is 1.85. The van der Waals surface area contributed by atoms with Crippen LogP contribution < -0.4 is 10.6 Å². The smallest absolute Gasteiger partial charge is 0.191 e. The Morgan fingerprint density at radius 2 is 1.95 bits per heavy atom. The summed E-state index contributed by atoms with van der Waals surface area (Å²) >= 11 is 0. The van der Waals surface area contributed by atoms with Gasteiger partial charge in [0, 0.05) is 32.7 Å². The Bertz CT molecular complexity index is 452. The van der Waals surface area contributed by atoms with Crippen LogP contribution in [0.25, 0.3) is 0 Å². The molecule has 0 aliphatic rings. The van der Waals surface area contributed by atoms with Gasteiger partial charge in [-0.1, -0.05) is 12.1 Å². The summed E-state index contributed by atoms with van der Waals surface area (Å²) in [7, 11) is 3.86. The molecule has 0 aliphatic carbocycles. The van der Waals surface area contributed by atoms with Gasteiger partial charge in [-0.15, -0.1) is 24.0 Å². The van der Waals surface area contributed by atoms with Crippen molar-refractivity contribution in [3.63, 3.8) is 0 Å². The summed E-state index contributed by atoms with van der Waals surface area (Å²) in [6.45, 7) is 6.87. The molecule has 0 bridgehead atoms. The van der Waals surface area contributed by atoms with Gasteiger partial charge in [-0.2, -0.15) is 0 Å². The van der Waals surface area contributed by atoms with Crippen molar-refractivity contribution < 1.29 is 4.39 Å². The second-order valence-corrected chi connectivity index (χ2v) is 5.38. The lowest BCUT2D eigenvalue weighted by Gasteiger charge is -2.21. The topological polar surface area (TPSA) is 39.7 Å². The van der Waals surface area contributed by atoms with Gasteiger partial charge in [0.15, 0.2) is 5.96 Å². The highest BCUT2D eigenvalue weighted by Gasteiger charge is 2.03. The number of rotatable bonds is 7. The number of guanidine groups is 1. The lowest BCUT2D eigenvalue weighted by atomic mass is 10.1. The lowest BCUT2D eigenvalue weighted by Crippen LogP contribution is -2.42. The Morgan fingerprint density at radius 3 is 2.55 bits per heavy atom. The van der Waals surface area contributed by atoms with Gasteiger partial charge in [-0.3, -0.25) is 4.99 Å². The number of hydrogen-bond acceptors (Lipinski definition) is 2. The molecule has 0 fully saturated rings. The maximum Gasteiger partial charge on any atom is 0.191 e. The average molecular weight is 422 g/mol. The fraction of sp³-hybridized carbons (Fsp3) is 0.562. The van der Waals surface area contributed by atoms with Gasteiger partial charge >= 0.3 is 0 Å². The van der Waals surface area contributed by atoms with E-state index < -0.39 is 0 Å². The maximum absolute atomic E-state index is 13.1. The molecule has 1 aromatic rings. The minimum Gasteiger partial charge on any atom is -0.356 e. The number of hydrogen-bond donors (Lipinski definition) is 2. The quantitative estimate of drug-likeness (QED) is 0.403. The minimum atomic E-state index is -0.188. The third-order valence-electron chi connectivity index (χ3n) is 3.46. The molecular formula is C16H28FIN4. The number of nitrogens with zero attached hydrogens (tertiary/aromatic N) is 2. The molecule has 0 aliphatic heterocycles. The number of halogens is 2. The Labute approximate surface area is 150 Å². The van der Waals surface area contributed by atoms with Crippen LogP contribution in [0.15, 0.2) is 29.3 Å². The van der Waals surface area contributed by atoms with Crippen molar-refractivity contribution in [3.8, 4) is 0 Å². The standard InChI is InChI=1S/C16H27FN4.HI/c1-13(2)21(4)11-10-20-16(18-3)19-9-8-14-6-5-7-15(17)12-14;/h5-7,12-13H,8-11H2,1-4H3,(H2,18,19,20);1H.